The number of likely N-dealkylation sites (tertiary alicyclic amines) is 1. The second-order valence-electron chi connectivity index (χ2n) is 11.2. The van der Waals surface area contributed by atoms with E-state index in [2.05, 4.69) is 41.0 Å². The van der Waals surface area contributed by atoms with Crippen LogP contribution in [0.25, 0.3) is 21.8 Å². The van der Waals surface area contributed by atoms with Gasteiger partial charge in [0.1, 0.15) is 6.04 Å². The highest BCUT2D eigenvalue weighted by Crippen LogP contribution is 2.26. The molecule has 9 heteroatoms. The van der Waals surface area contributed by atoms with Gasteiger partial charge < -0.3 is 15.5 Å². The first-order chi connectivity index (χ1) is 19.5. The number of benzene rings is 3. The second kappa shape index (κ2) is 12.5. The molecule has 8 nitrogen and oxygen atoms in total. The number of amides is 2. The van der Waals surface area contributed by atoms with Crippen LogP contribution in [0, 0.1) is 5.92 Å². The fourth-order valence-corrected chi connectivity index (χ4v) is 6.41. The summed E-state index contributed by atoms with van der Waals surface area (Å²) in [5.41, 5.74) is 2.86. The van der Waals surface area contributed by atoms with Crippen molar-refractivity contribution in [1.29, 1.82) is 0 Å². The monoisotopic (exact) mass is 575 g/mol. The van der Waals surface area contributed by atoms with Gasteiger partial charge >= 0.3 is 5.69 Å². The number of fused-ring (bicyclic) bond motifs is 2. The molecule has 0 bridgehead atoms. The van der Waals surface area contributed by atoms with Gasteiger partial charge in [0.2, 0.25) is 11.8 Å². The summed E-state index contributed by atoms with van der Waals surface area (Å²) in [4.78, 5) is 42.1. The van der Waals surface area contributed by atoms with Crippen molar-refractivity contribution in [2.75, 3.05) is 26.2 Å². The molecule has 2 N–H and O–H groups in total. The quantitative estimate of drug-likeness (QED) is 0.366. The Bertz CT molecular complexity index is 1600. The number of carbonyl (C=O) groups is 2. The first kappa shape index (κ1) is 28.9. The molecule has 0 radical (unpaired) electrons. The molecule has 2 amide bonds. The first-order valence-electron chi connectivity index (χ1n) is 14.4. The number of halogens is 1. The summed E-state index contributed by atoms with van der Waals surface area (Å²) in [7, 11) is 1.81. The van der Waals surface area contributed by atoms with Gasteiger partial charge in [0.15, 0.2) is 0 Å². The van der Waals surface area contributed by atoms with Crippen molar-refractivity contribution < 1.29 is 9.59 Å². The van der Waals surface area contributed by atoms with Gasteiger partial charge in [0, 0.05) is 38.5 Å². The number of nitrogens with one attached hydrogen (secondary N) is 2. The number of imidazole rings is 1. The summed E-state index contributed by atoms with van der Waals surface area (Å²) < 4.78 is 3.59. The van der Waals surface area contributed by atoms with E-state index < -0.39 is 6.04 Å². The Morgan fingerprint density at radius 2 is 1.56 bits per heavy atom. The van der Waals surface area contributed by atoms with Crippen LogP contribution in [0.2, 0.25) is 0 Å². The highest BCUT2D eigenvalue weighted by Gasteiger charge is 2.33. The lowest BCUT2D eigenvalue weighted by Crippen LogP contribution is -2.53. The lowest BCUT2D eigenvalue weighted by molar-refractivity contribution is -0.138. The number of para-hydroxylation sites is 2. The van der Waals surface area contributed by atoms with Gasteiger partial charge in [-0.15, -0.1) is 12.4 Å². The Kier molecular flexibility index (Phi) is 8.80. The molecule has 216 valence electrons. The molecule has 2 aliphatic rings. The van der Waals surface area contributed by atoms with Crippen molar-refractivity contribution in [3.63, 3.8) is 0 Å². The third kappa shape index (κ3) is 5.90. The lowest BCUT2D eigenvalue weighted by Gasteiger charge is -2.35. The molecular weight excluding hydrogens is 538 g/mol. The van der Waals surface area contributed by atoms with Crippen LogP contribution in [0.1, 0.15) is 37.3 Å². The maximum atomic E-state index is 13.9. The lowest BCUT2D eigenvalue weighted by atomic mass is 9.95. The molecule has 1 aromatic heterocycles. The summed E-state index contributed by atoms with van der Waals surface area (Å²) in [6.45, 7) is 2.75. The van der Waals surface area contributed by atoms with Crippen LogP contribution >= 0.6 is 12.4 Å². The molecule has 2 fully saturated rings. The van der Waals surface area contributed by atoms with Crippen molar-refractivity contribution in [3.05, 3.63) is 82.8 Å². The molecule has 4 aromatic rings. The summed E-state index contributed by atoms with van der Waals surface area (Å²) in [5, 5.41) is 8.72. The van der Waals surface area contributed by atoms with Gasteiger partial charge in [-0.05, 0) is 67.2 Å². The van der Waals surface area contributed by atoms with Gasteiger partial charge in [-0.1, -0.05) is 54.6 Å². The third-order valence-electron chi connectivity index (χ3n) is 8.72. The van der Waals surface area contributed by atoms with Crippen LogP contribution in [0.3, 0.4) is 0 Å². The average molecular weight is 576 g/mol. The fraction of sp³-hybridized carbons (Fsp3) is 0.406. The van der Waals surface area contributed by atoms with Crippen LogP contribution in [0.15, 0.2) is 71.5 Å². The van der Waals surface area contributed by atoms with E-state index in [-0.39, 0.29) is 41.9 Å². The zero-order chi connectivity index (χ0) is 27.6. The number of aromatic nitrogens is 2. The fourth-order valence-electron chi connectivity index (χ4n) is 6.41. The Labute approximate surface area is 246 Å². The molecule has 2 aliphatic heterocycles. The highest BCUT2D eigenvalue weighted by molar-refractivity contribution is 5.89. The minimum atomic E-state index is -0.625. The Hall–Kier alpha value is -3.62. The predicted octanol–water partition coefficient (Wildman–Crippen LogP) is 3.81. The van der Waals surface area contributed by atoms with Crippen LogP contribution in [-0.2, 0) is 23.1 Å². The molecule has 0 unspecified atom stereocenters. The van der Waals surface area contributed by atoms with E-state index >= 15 is 0 Å². The average Bonchev–Trinajstić information content (AvgIpc) is 3.26. The molecule has 6 rings (SSSR count). The van der Waals surface area contributed by atoms with Crippen LogP contribution < -0.4 is 16.3 Å². The molecule has 3 heterocycles. The van der Waals surface area contributed by atoms with Crippen LogP contribution in [0.5, 0.6) is 0 Å². The molecule has 0 aliphatic carbocycles. The van der Waals surface area contributed by atoms with E-state index in [4.69, 9.17) is 0 Å². The summed E-state index contributed by atoms with van der Waals surface area (Å²) in [6.07, 6.45) is 3.42. The van der Waals surface area contributed by atoms with E-state index in [1.165, 1.54) is 0 Å². The molecule has 0 saturated carbocycles. The SMILES string of the molecule is Cl.Cn1c(=O)n(C2CCN(C(=O)[C@@H](Cc3ccc4ccccc4c3)NC(=O)C3CCNCC3)CC2)c2ccccc21. The van der Waals surface area contributed by atoms with E-state index in [1.807, 2.05) is 52.9 Å². The number of nitrogens with zero attached hydrogens (tertiary/aromatic N) is 3. The molecule has 3 aromatic carbocycles. The standard InChI is InChI=1S/C32H37N5O3.ClH/c1-35-28-8-4-5-9-29(28)37(32(35)40)26-14-18-36(19-15-26)31(39)27(34-30(38)24-12-16-33-17-13-24)21-22-10-11-23-6-2-3-7-25(23)20-22;/h2-11,20,24,26-27,33H,12-19,21H2,1H3,(H,34,38);1H/t27-;/m1./s1. The van der Waals surface area contributed by atoms with Crippen LogP contribution in [-0.4, -0.2) is 58.1 Å². The summed E-state index contributed by atoms with van der Waals surface area (Å²) in [6, 6.07) is 21.7. The number of rotatable bonds is 6. The third-order valence-corrected chi connectivity index (χ3v) is 8.72. The number of hydrogen-bond acceptors (Lipinski definition) is 4. The van der Waals surface area contributed by atoms with E-state index in [0.717, 1.165) is 53.3 Å². The smallest absolute Gasteiger partial charge is 0.329 e. The van der Waals surface area contributed by atoms with Crippen molar-refractivity contribution in [2.45, 2.75) is 44.2 Å². The minimum absolute atomic E-state index is 0. The molecule has 1 atom stereocenters. The van der Waals surface area contributed by atoms with Crippen molar-refractivity contribution in [3.8, 4) is 0 Å². The topological polar surface area (TPSA) is 88.4 Å². The van der Waals surface area contributed by atoms with Crippen LogP contribution in [0.4, 0.5) is 0 Å². The maximum Gasteiger partial charge on any atom is 0.329 e. The molecule has 2 saturated heterocycles. The second-order valence-corrected chi connectivity index (χ2v) is 11.2. The van der Waals surface area contributed by atoms with Gasteiger partial charge in [0.25, 0.3) is 0 Å². The maximum absolute atomic E-state index is 13.9. The van der Waals surface area contributed by atoms with E-state index in [9.17, 15) is 14.4 Å². The molecule has 41 heavy (non-hydrogen) atoms. The van der Waals surface area contributed by atoms with Gasteiger partial charge in [-0.25, -0.2) is 4.79 Å². The zero-order valence-corrected chi connectivity index (χ0v) is 24.2. The minimum Gasteiger partial charge on any atom is -0.344 e. The first-order valence-corrected chi connectivity index (χ1v) is 14.4. The Balaban J connectivity index is 0.00000337. The summed E-state index contributed by atoms with van der Waals surface area (Å²) >= 11 is 0. The van der Waals surface area contributed by atoms with E-state index in [0.29, 0.717) is 32.4 Å². The Morgan fingerprint density at radius 1 is 0.902 bits per heavy atom. The largest absolute Gasteiger partial charge is 0.344 e. The van der Waals surface area contributed by atoms with Gasteiger partial charge in [-0.2, -0.15) is 0 Å². The highest BCUT2D eigenvalue weighted by atomic mass is 35.5. The number of piperidine rings is 2. The number of aryl methyl sites for hydroxylation is 1. The Morgan fingerprint density at radius 3 is 2.29 bits per heavy atom. The van der Waals surface area contributed by atoms with Crippen molar-refractivity contribution >= 4 is 46.0 Å². The zero-order valence-electron chi connectivity index (χ0n) is 23.4. The number of hydrogen-bond donors (Lipinski definition) is 2. The van der Waals surface area contributed by atoms with Gasteiger partial charge in [-0.3, -0.25) is 18.7 Å². The normalized spacial score (nSPS) is 17.3. The van der Waals surface area contributed by atoms with Crippen molar-refractivity contribution in [1.82, 2.24) is 24.7 Å². The molecule has 0 spiro atoms. The number of carbonyl (C=O) groups excluding carboxylic acids is 2. The molecular formula is C32H38ClN5O3. The summed E-state index contributed by atoms with van der Waals surface area (Å²) in [5.74, 6) is -0.144. The van der Waals surface area contributed by atoms with Gasteiger partial charge in [0.05, 0.1) is 11.0 Å². The van der Waals surface area contributed by atoms with Crippen molar-refractivity contribution in [2.24, 2.45) is 13.0 Å². The van der Waals surface area contributed by atoms with E-state index in [1.54, 1.807) is 4.57 Å². The predicted molar refractivity (Wildman–Crippen MR) is 164 cm³/mol.